The molecule has 100 valence electrons. The first-order valence-electron chi connectivity index (χ1n) is 5.99. The lowest BCUT2D eigenvalue weighted by Crippen LogP contribution is -2.48. The average molecular weight is 278 g/mol. The van der Waals surface area contributed by atoms with Gasteiger partial charge in [-0.05, 0) is 24.7 Å². The molecular weight excluding hydrogens is 256 g/mol. The number of sulfonamides is 1. The van der Waals surface area contributed by atoms with E-state index >= 15 is 0 Å². The van der Waals surface area contributed by atoms with Crippen LogP contribution < -0.4 is 5.73 Å². The van der Waals surface area contributed by atoms with E-state index in [0.717, 1.165) is 12.8 Å². The Labute approximate surface area is 110 Å². The molecule has 0 saturated carbocycles. The molecule has 1 unspecified atom stereocenters. The number of nitrogens with two attached hydrogens (primary N) is 1. The Kier molecular flexibility index (Phi) is 4.54. The van der Waals surface area contributed by atoms with E-state index in [1.54, 1.807) is 11.2 Å². The molecule has 0 radical (unpaired) electrons. The lowest BCUT2D eigenvalue weighted by atomic mass is 9.83. The molecule has 4 nitrogen and oxygen atoms in total. The van der Waals surface area contributed by atoms with Crippen LogP contribution in [0.3, 0.4) is 0 Å². The van der Waals surface area contributed by atoms with Gasteiger partial charge < -0.3 is 5.73 Å². The van der Waals surface area contributed by atoms with Crippen LogP contribution in [-0.4, -0.2) is 36.1 Å². The van der Waals surface area contributed by atoms with Gasteiger partial charge in [-0.25, -0.2) is 12.7 Å². The zero-order valence-electron chi connectivity index (χ0n) is 10.8. The fourth-order valence-electron chi connectivity index (χ4n) is 2.08. The van der Waals surface area contributed by atoms with Crippen molar-refractivity contribution in [2.24, 2.45) is 11.1 Å². The van der Waals surface area contributed by atoms with Gasteiger partial charge in [0.05, 0.1) is 4.99 Å². The van der Waals surface area contributed by atoms with Crippen LogP contribution in [-0.2, 0) is 10.0 Å². The van der Waals surface area contributed by atoms with Gasteiger partial charge in [0.15, 0.2) is 0 Å². The van der Waals surface area contributed by atoms with Gasteiger partial charge in [-0.2, -0.15) is 0 Å². The maximum atomic E-state index is 12.3. The molecule has 1 atom stereocenters. The second-order valence-electron chi connectivity index (χ2n) is 5.41. The van der Waals surface area contributed by atoms with E-state index in [0.29, 0.717) is 19.5 Å². The molecule has 1 saturated heterocycles. The molecule has 0 amide bonds. The Hall–Kier alpha value is -0.200. The Balaban J connectivity index is 2.82. The molecule has 1 aliphatic rings. The van der Waals surface area contributed by atoms with Gasteiger partial charge >= 0.3 is 0 Å². The maximum Gasteiger partial charge on any atom is 0.223 e. The van der Waals surface area contributed by atoms with Gasteiger partial charge in [-0.1, -0.05) is 33.0 Å². The van der Waals surface area contributed by atoms with Crippen LogP contribution in [0.4, 0.5) is 0 Å². The maximum absolute atomic E-state index is 12.3. The highest BCUT2D eigenvalue weighted by Crippen LogP contribution is 2.31. The Bertz CT molecular complexity index is 380. The fourth-order valence-corrected chi connectivity index (χ4v) is 4.38. The Morgan fingerprint density at radius 2 is 1.88 bits per heavy atom. The van der Waals surface area contributed by atoms with Gasteiger partial charge in [-0.3, -0.25) is 0 Å². The fraction of sp³-hybridized carbons (Fsp3) is 0.909. The quantitative estimate of drug-likeness (QED) is 0.792. The molecule has 0 bridgehead atoms. The van der Waals surface area contributed by atoms with Crippen LogP contribution in [0.1, 0.15) is 40.0 Å². The van der Waals surface area contributed by atoms with Crippen LogP contribution in [0.25, 0.3) is 0 Å². The predicted octanol–water partition coefficient (Wildman–Crippen LogP) is 1.50. The van der Waals surface area contributed by atoms with Crippen molar-refractivity contribution in [1.29, 1.82) is 0 Å². The standard InChI is InChI=1S/C11H22N2O2S2/c1-4-9(10(12)16)17(14,15)13-7-5-11(2,3)6-8-13/h9H,4-8H2,1-3H3,(H2,12,16). The third-order valence-electron chi connectivity index (χ3n) is 3.48. The average Bonchev–Trinajstić information content (AvgIpc) is 2.16. The van der Waals surface area contributed by atoms with Crippen LogP contribution in [0.2, 0.25) is 0 Å². The molecular formula is C11H22N2O2S2. The first kappa shape index (κ1) is 14.9. The molecule has 2 N–H and O–H groups in total. The Morgan fingerprint density at radius 3 is 2.24 bits per heavy atom. The first-order chi connectivity index (χ1) is 7.70. The van der Waals surface area contributed by atoms with Crippen molar-refractivity contribution in [1.82, 2.24) is 4.31 Å². The van der Waals surface area contributed by atoms with Crippen LogP contribution in [0.5, 0.6) is 0 Å². The summed E-state index contributed by atoms with van der Waals surface area (Å²) in [6.07, 6.45) is 2.22. The van der Waals surface area contributed by atoms with Gasteiger partial charge in [0, 0.05) is 13.1 Å². The molecule has 0 aromatic carbocycles. The van der Waals surface area contributed by atoms with E-state index < -0.39 is 15.3 Å². The van der Waals surface area contributed by atoms with Crippen LogP contribution in [0.15, 0.2) is 0 Å². The third kappa shape index (κ3) is 3.39. The van der Waals surface area contributed by atoms with E-state index in [1.807, 2.05) is 0 Å². The number of rotatable bonds is 4. The lowest BCUT2D eigenvalue weighted by Gasteiger charge is -2.37. The SMILES string of the molecule is CCC(C(N)=S)S(=O)(=O)N1CCC(C)(C)CC1. The van der Waals surface area contributed by atoms with Crippen molar-refractivity contribution in [3.63, 3.8) is 0 Å². The molecule has 0 aromatic heterocycles. The van der Waals surface area contributed by atoms with E-state index in [1.165, 1.54) is 0 Å². The molecule has 0 spiro atoms. The molecule has 1 rings (SSSR count). The summed E-state index contributed by atoms with van der Waals surface area (Å²) in [6, 6.07) is 0. The molecule has 1 heterocycles. The zero-order chi connectivity index (χ0) is 13.3. The van der Waals surface area contributed by atoms with Crippen molar-refractivity contribution >= 4 is 27.2 Å². The summed E-state index contributed by atoms with van der Waals surface area (Å²) in [7, 11) is -3.36. The van der Waals surface area contributed by atoms with Crippen molar-refractivity contribution in [2.45, 2.75) is 45.3 Å². The highest BCUT2D eigenvalue weighted by molar-refractivity contribution is 7.92. The summed E-state index contributed by atoms with van der Waals surface area (Å²) in [5.41, 5.74) is 5.75. The summed E-state index contributed by atoms with van der Waals surface area (Å²) in [4.78, 5) is 0.0809. The van der Waals surface area contributed by atoms with Gasteiger partial charge in [0.25, 0.3) is 0 Å². The summed E-state index contributed by atoms with van der Waals surface area (Å²) in [5, 5.41) is -0.710. The minimum atomic E-state index is -3.36. The van der Waals surface area contributed by atoms with Crippen molar-refractivity contribution in [3.05, 3.63) is 0 Å². The number of nitrogens with zero attached hydrogens (tertiary/aromatic N) is 1. The summed E-state index contributed by atoms with van der Waals surface area (Å²) in [6.45, 7) is 7.29. The Morgan fingerprint density at radius 1 is 1.41 bits per heavy atom. The second-order valence-corrected chi connectivity index (χ2v) is 7.99. The molecule has 1 aliphatic heterocycles. The van der Waals surface area contributed by atoms with Crippen molar-refractivity contribution < 1.29 is 8.42 Å². The van der Waals surface area contributed by atoms with E-state index in [4.69, 9.17) is 18.0 Å². The molecule has 0 aliphatic carbocycles. The normalized spacial score (nSPS) is 23.2. The molecule has 17 heavy (non-hydrogen) atoms. The van der Waals surface area contributed by atoms with Crippen LogP contribution in [0, 0.1) is 5.41 Å². The van der Waals surface area contributed by atoms with Crippen molar-refractivity contribution in [2.75, 3.05) is 13.1 Å². The molecule has 0 aromatic rings. The van der Waals surface area contributed by atoms with Crippen LogP contribution >= 0.6 is 12.2 Å². The number of hydrogen-bond acceptors (Lipinski definition) is 3. The first-order valence-corrected chi connectivity index (χ1v) is 7.90. The molecule has 6 heteroatoms. The number of hydrogen-bond donors (Lipinski definition) is 1. The summed E-state index contributed by atoms with van der Waals surface area (Å²) >= 11 is 4.85. The van der Waals surface area contributed by atoms with Crippen molar-refractivity contribution in [3.8, 4) is 0 Å². The highest BCUT2D eigenvalue weighted by Gasteiger charge is 2.36. The van der Waals surface area contributed by atoms with Gasteiger partial charge in [0.1, 0.15) is 5.25 Å². The molecule has 1 fully saturated rings. The zero-order valence-corrected chi connectivity index (χ0v) is 12.4. The van der Waals surface area contributed by atoms with E-state index in [2.05, 4.69) is 13.8 Å². The predicted molar refractivity (Wildman–Crippen MR) is 74.4 cm³/mol. The topological polar surface area (TPSA) is 63.4 Å². The summed E-state index contributed by atoms with van der Waals surface area (Å²) < 4.78 is 26.2. The van der Waals surface area contributed by atoms with Gasteiger partial charge in [-0.15, -0.1) is 0 Å². The highest BCUT2D eigenvalue weighted by atomic mass is 32.2. The minimum absolute atomic E-state index is 0.0809. The third-order valence-corrected chi connectivity index (χ3v) is 6.31. The monoisotopic (exact) mass is 278 g/mol. The largest absolute Gasteiger partial charge is 0.392 e. The smallest absolute Gasteiger partial charge is 0.223 e. The van der Waals surface area contributed by atoms with Gasteiger partial charge in [0.2, 0.25) is 10.0 Å². The minimum Gasteiger partial charge on any atom is -0.392 e. The van der Waals surface area contributed by atoms with E-state index in [9.17, 15) is 8.42 Å². The lowest BCUT2D eigenvalue weighted by molar-refractivity contribution is 0.195. The number of piperidine rings is 1. The summed E-state index contributed by atoms with van der Waals surface area (Å²) in [5.74, 6) is 0. The van der Waals surface area contributed by atoms with E-state index in [-0.39, 0.29) is 10.4 Å². The number of thiocarbonyl (C=S) groups is 1. The second kappa shape index (κ2) is 5.20.